The van der Waals surface area contributed by atoms with E-state index in [0.717, 1.165) is 5.56 Å². The number of nitrogens with one attached hydrogen (secondary N) is 1. The lowest BCUT2D eigenvalue weighted by Gasteiger charge is -2.11. The van der Waals surface area contributed by atoms with Crippen molar-refractivity contribution in [1.82, 2.24) is 14.1 Å². The van der Waals surface area contributed by atoms with E-state index in [-0.39, 0.29) is 34.9 Å². The summed E-state index contributed by atoms with van der Waals surface area (Å²) in [5, 5.41) is 0.388. The van der Waals surface area contributed by atoms with Gasteiger partial charge in [0, 0.05) is 18.8 Å². The molecule has 2 aromatic carbocycles. The molecule has 174 valence electrons. The highest BCUT2D eigenvalue weighted by atomic mass is 35.5. The summed E-state index contributed by atoms with van der Waals surface area (Å²) in [7, 11) is -3.87. The van der Waals surface area contributed by atoms with Gasteiger partial charge in [0.2, 0.25) is 10.0 Å². The standard InChI is InChI=1S/C24H20ClN3O5S/c1-16-7-8-18(11-21(16)34(31,32)26-13-17-5-3-2-4-6-17)24(30)33-15-20-12-23(29)28-14-19(25)9-10-22(28)27-20/h2-12,14,26H,13,15H2,1H3. The third-order valence-electron chi connectivity index (χ3n) is 5.05. The first kappa shape index (κ1) is 23.6. The minimum Gasteiger partial charge on any atom is -0.456 e. The Kier molecular flexibility index (Phi) is 6.78. The van der Waals surface area contributed by atoms with Crippen LogP contribution in [-0.4, -0.2) is 23.8 Å². The molecule has 0 amide bonds. The van der Waals surface area contributed by atoms with Crippen molar-refractivity contribution in [2.75, 3.05) is 0 Å². The molecule has 0 spiro atoms. The molecule has 0 saturated carbocycles. The number of pyridine rings is 1. The first-order valence-corrected chi connectivity index (χ1v) is 12.1. The number of benzene rings is 2. The molecule has 4 rings (SSSR count). The Morgan fingerprint density at radius 3 is 2.62 bits per heavy atom. The van der Waals surface area contributed by atoms with Crippen LogP contribution in [0, 0.1) is 6.92 Å². The largest absolute Gasteiger partial charge is 0.456 e. The highest BCUT2D eigenvalue weighted by molar-refractivity contribution is 7.89. The number of carbonyl (C=O) groups excluding carboxylic acids is 1. The van der Waals surface area contributed by atoms with Crippen LogP contribution in [0.5, 0.6) is 0 Å². The van der Waals surface area contributed by atoms with Gasteiger partial charge in [0.25, 0.3) is 5.56 Å². The molecule has 0 aliphatic rings. The second-order valence-electron chi connectivity index (χ2n) is 7.53. The lowest BCUT2D eigenvalue weighted by molar-refractivity contribution is 0.0467. The minimum absolute atomic E-state index is 0.0168. The van der Waals surface area contributed by atoms with E-state index in [1.807, 2.05) is 30.3 Å². The van der Waals surface area contributed by atoms with E-state index in [2.05, 4.69) is 9.71 Å². The van der Waals surface area contributed by atoms with E-state index >= 15 is 0 Å². The van der Waals surface area contributed by atoms with Gasteiger partial charge in [-0.25, -0.2) is 22.9 Å². The number of ether oxygens (including phenoxy) is 1. The Morgan fingerprint density at radius 2 is 1.85 bits per heavy atom. The molecule has 0 radical (unpaired) electrons. The lowest BCUT2D eigenvalue weighted by Crippen LogP contribution is -2.24. The van der Waals surface area contributed by atoms with Gasteiger partial charge >= 0.3 is 5.97 Å². The van der Waals surface area contributed by atoms with Crippen molar-refractivity contribution in [3.05, 3.63) is 111 Å². The number of sulfonamides is 1. The second-order valence-corrected chi connectivity index (χ2v) is 9.70. The third kappa shape index (κ3) is 5.33. The maximum Gasteiger partial charge on any atom is 0.338 e. The highest BCUT2D eigenvalue weighted by Crippen LogP contribution is 2.19. The van der Waals surface area contributed by atoms with Gasteiger partial charge in [0.05, 0.1) is 21.2 Å². The van der Waals surface area contributed by atoms with Crippen LogP contribution in [0.25, 0.3) is 5.65 Å². The first-order valence-electron chi connectivity index (χ1n) is 10.2. The van der Waals surface area contributed by atoms with E-state index < -0.39 is 16.0 Å². The van der Waals surface area contributed by atoms with Gasteiger partial charge in [0.15, 0.2) is 0 Å². The molecule has 1 N–H and O–H groups in total. The number of aryl methyl sites for hydroxylation is 1. The molecular weight excluding hydrogens is 478 g/mol. The van der Waals surface area contributed by atoms with Crippen molar-refractivity contribution < 1.29 is 17.9 Å². The van der Waals surface area contributed by atoms with Crippen molar-refractivity contribution in [2.24, 2.45) is 0 Å². The number of rotatable bonds is 7. The van der Waals surface area contributed by atoms with Crippen LogP contribution < -0.4 is 10.3 Å². The number of esters is 1. The quantitative estimate of drug-likeness (QED) is 0.392. The summed E-state index contributed by atoms with van der Waals surface area (Å²) in [5.74, 6) is -0.738. The Bertz CT molecular complexity index is 1540. The van der Waals surface area contributed by atoms with Crippen LogP contribution in [0.15, 0.2) is 82.6 Å². The molecule has 8 nitrogen and oxygen atoms in total. The predicted octanol–water partition coefficient (Wildman–Crippen LogP) is 3.49. The van der Waals surface area contributed by atoms with Crippen LogP contribution in [0.2, 0.25) is 5.02 Å². The predicted molar refractivity (Wildman–Crippen MR) is 127 cm³/mol. The van der Waals surface area contributed by atoms with E-state index in [9.17, 15) is 18.0 Å². The lowest BCUT2D eigenvalue weighted by atomic mass is 10.1. The van der Waals surface area contributed by atoms with Gasteiger partial charge in [-0.15, -0.1) is 0 Å². The number of nitrogens with zero attached hydrogens (tertiary/aromatic N) is 2. The maximum absolute atomic E-state index is 12.8. The highest BCUT2D eigenvalue weighted by Gasteiger charge is 2.20. The molecule has 34 heavy (non-hydrogen) atoms. The summed E-state index contributed by atoms with van der Waals surface area (Å²) >= 11 is 5.90. The van der Waals surface area contributed by atoms with E-state index in [4.69, 9.17) is 16.3 Å². The van der Waals surface area contributed by atoms with Crippen LogP contribution in [0.3, 0.4) is 0 Å². The summed E-state index contributed by atoms with van der Waals surface area (Å²) in [6, 6.07) is 17.8. The van der Waals surface area contributed by atoms with Crippen molar-refractivity contribution in [3.8, 4) is 0 Å². The average molecular weight is 498 g/mol. The van der Waals surface area contributed by atoms with Crippen molar-refractivity contribution in [2.45, 2.75) is 25.0 Å². The number of fused-ring (bicyclic) bond motifs is 1. The molecule has 2 aromatic heterocycles. The summed E-state index contributed by atoms with van der Waals surface area (Å²) in [5.41, 5.74) is 1.60. The fourth-order valence-electron chi connectivity index (χ4n) is 3.29. The third-order valence-corrected chi connectivity index (χ3v) is 6.82. The van der Waals surface area contributed by atoms with Gasteiger partial charge in [-0.1, -0.05) is 48.0 Å². The van der Waals surface area contributed by atoms with Gasteiger partial charge < -0.3 is 4.74 Å². The molecule has 0 aliphatic heterocycles. The summed E-state index contributed by atoms with van der Waals surface area (Å²) in [4.78, 5) is 29.2. The zero-order valence-corrected chi connectivity index (χ0v) is 19.6. The summed E-state index contributed by atoms with van der Waals surface area (Å²) in [6.07, 6.45) is 1.45. The topological polar surface area (TPSA) is 107 Å². The van der Waals surface area contributed by atoms with Crippen LogP contribution >= 0.6 is 11.6 Å². The van der Waals surface area contributed by atoms with Crippen LogP contribution in [0.1, 0.15) is 27.2 Å². The fraction of sp³-hybridized carbons (Fsp3) is 0.125. The summed E-state index contributed by atoms with van der Waals surface area (Å²) < 4.78 is 34.8. The molecule has 0 fully saturated rings. The van der Waals surface area contributed by atoms with Gasteiger partial charge in [0.1, 0.15) is 12.3 Å². The van der Waals surface area contributed by atoms with E-state index in [1.54, 1.807) is 19.1 Å². The molecular formula is C24H20ClN3O5S. The smallest absolute Gasteiger partial charge is 0.338 e. The zero-order chi connectivity index (χ0) is 24.3. The normalized spacial score (nSPS) is 11.5. The number of halogens is 1. The number of hydrogen-bond acceptors (Lipinski definition) is 6. The van der Waals surface area contributed by atoms with E-state index in [1.165, 1.54) is 34.9 Å². The van der Waals surface area contributed by atoms with Gasteiger partial charge in [-0.2, -0.15) is 0 Å². The van der Waals surface area contributed by atoms with Crippen molar-refractivity contribution in [1.29, 1.82) is 0 Å². The molecule has 4 aromatic rings. The molecule has 0 bridgehead atoms. The number of aromatic nitrogens is 2. The molecule has 2 heterocycles. The molecule has 0 atom stereocenters. The maximum atomic E-state index is 12.8. The Hall–Kier alpha value is -3.53. The first-order chi connectivity index (χ1) is 16.2. The Balaban J connectivity index is 1.50. The van der Waals surface area contributed by atoms with Gasteiger partial charge in [-0.3, -0.25) is 9.20 Å². The molecule has 10 heteroatoms. The van der Waals surface area contributed by atoms with Crippen molar-refractivity contribution in [3.63, 3.8) is 0 Å². The average Bonchev–Trinajstić information content (AvgIpc) is 2.82. The minimum atomic E-state index is -3.87. The Labute approximate surface area is 200 Å². The van der Waals surface area contributed by atoms with Crippen LogP contribution in [-0.2, 0) is 27.9 Å². The number of carbonyl (C=O) groups is 1. The SMILES string of the molecule is Cc1ccc(C(=O)OCc2cc(=O)n3cc(Cl)ccc3n2)cc1S(=O)(=O)NCc1ccccc1. The van der Waals surface area contributed by atoms with Crippen molar-refractivity contribution >= 4 is 33.2 Å². The monoisotopic (exact) mass is 497 g/mol. The zero-order valence-electron chi connectivity index (χ0n) is 18.1. The fourth-order valence-corrected chi connectivity index (χ4v) is 4.74. The molecule has 0 unspecified atom stereocenters. The second kappa shape index (κ2) is 9.76. The summed E-state index contributed by atoms with van der Waals surface area (Å²) in [6.45, 7) is 1.51. The Morgan fingerprint density at radius 1 is 1.09 bits per heavy atom. The molecule has 0 saturated heterocycles. The van der Waals surface area contributed by atoms with Gasteiger partial charge in [-0.05, 0) is 42.3 Å². The molecule has 0 aliphatic carbocycles. The van der Waals surface area contributed by atoms with Crippen LogP contribution in [0.4, 0.5) is 0 Å². The van der Waals surface area contributed by atoms with E-state index in [0.29, 0.717) is 16.2 Å². The number of hydrogen-bond donors (Lipinski definition) is 1.